The van der Waals surface area contributed by atoms with E-state index in [0.717, 1.165) is 0 Å². The van der Waals surface area contributed by atoms with Gasteiger partial charge in [-0.1, -0.05) is 0 Å². The number of anilines is 1. The first kappa shape index (κ1) is 20.6. The van der Waals surface area contributed by atoms with Gasteiger partial charge in [-0.15, -0.1) is 0 Å². The SMILES string of the molecule is O=C(COc1cc(C(F)(F)F)cc(C(F)(F)F)c1)Nc1ccc2c(c1)OCCO2. The van der Waals surface area contributed by atoms with Crippen molar-refractivity contribution in [3.63, 3.8) is 0 Å². The minimum atomic E-state index is -5.01. The normalized spacial score (nSPS) is 13.7. The lowest BCUT2D eigenvalue weighted by molar-refractivity contribution is -0.143. The van der Waals surface area contributed by atoms with Gasteiger partial charge in [0.1, 0.15) is 19.0 Å². The quantitative estimate of drug-likeness (QED) is 0.738. The number of fused-ring (bicyclic) bond motifs is 1. The summed E-state index contributed by atoms with van der Waals surface area (Å²) in [6, 6.07) is 5.28. The molecule has 0 radical (unpaired) electrons. The molecule has 0 aromatic heterocycles. The van der Waals surface area contributed by atoms with Crippen LogP contribution in [0.1, 0.15) is 11.1 Å². The highest BCUT2D eigenvalue weighted by Crippen LogP contribution is 2.38. The van der Waals surface area contributed by atoms with Crippen LogP contribution in [0.15, 0.2) is 36.4 Å². The fourth-order valence-electron chi connectivity index (χ4n) is 2.48. The molecule has 11 heteroatoms. The second kappa shape index (κ2) is 7.72. The molecule has 1 amide bonds. The van der Waals surface area contributed by atoms with Crippen molar-refractivity contribution in [2.45, 2.75) is 12.4 Å². The number of ether oxygens (including phenoxy) is 3. The van der Waals surface area contributed by atoms with Crippen molar-refractivity contribution >= 4 is 11.6 Å². The summed E-state index contributed by atoms with van der Waals surface area (Å²) >= 11 is 0. The van der Waals surface area contributed by atoms with Crippen molar-refractivity contribution in [1.29, 1.82) is 0 Å². The maximum atomic E-state index is 12.8. The molecule has 0 aliphatic carbocycles. The second-order valence-corrected chi connectivity index (χ2v) is 5.94. The topological polar surface area (TPSA) is 56.8 Å². The Bertz CT molecular complexity index is 878. The number of rotatable bonds is 4. The van der Waals surface area contributed by atoms with Crippen LogP contribution in [0, 0.1) is 0 Å². The van der Waals surface area contributed by atoms with Gasteiger partial charge in [-0.3, -0.25) is 4.79 Å². The molecule has 3 rings (SSSR count). The highest BCUT2D eigenvalue weighted by Gasteiger charge is 2.37. The molecule has 0 bridgehead atoms. The zero-order chi connectivity index (χ0) is 21.2. The molecular formula is C18H13F6NO4. The number of carbonyl (C=O) groups is 1. The molecule has 29 heavy (non-hydrogen) atoms. The third-order valence-corrected chi connectivity index (χ3v) is 3.76. The van der Waals surface area contributed by atoms with Gasteiger partial charge in [0.15, 0.2) is 18.1 Å². The van der Waals surface area contributed by atoms with Crippen molar-refractivity contribution in [2.75, 3.05) is 25.1 Å². The van der Waals surface area contributed by atoms with Gasteiger partial charge in [-0.05, 0) is 30.3 Å². The van der Waals surface area contributed by atoms with E-state index >= 15 is 0 Å². The third-order valence-electron chi connectivity index (χ3n) is 3.76. The Kier molecular flexibility index (Phi) is 5.49. The molecule has 156 valence electrons. The fourth-order valence-corrected chi connectivity index (χ4v) is 2.48. The summed E-state index contributed by atoms with van der Waals surface area (Å²) in [5.41, 5.74) is -2.77. The summed E-state index contributed by atoms with van der Waals surface area (Å²) in [7, 11) is 0. The number of hydrogen-bond donors (Lipinski definition) is 1. The van der Waals surface area contributed by atoms with Crippen LogP contribution in [0.2, 0.25) is 0 Å². The first-order valence-corrected chi connectivity index (χ1v) is 8.14. The summed E-state index contributed by atoms with van der Waals surface area (Å²) in [6.07, 6.45) is -10.0. The van der Waals surface area contributed by atoms with Gasteiger partial charge < -0.3 is 19.5 Å². The molecule has 2 aromatic carbocycles. The summed E-state index contributed by atoms with van der Waals surface area (Å²) < 4.78 is 92.5. The summed E-state index contributed by atoms with van der Waals surface area (Å²) in [5.74, 6) is -0.645. The lowest BCUT2D eigenvalue weighted by Gasteiger charge is -2.19. The number of hydrogen-bond acceptors (Lipinski definition) is 4. The van der Waals surface area contributed by atoms with Gasteiger partial charge in [-0.2, -0.15) is 26.3 Å². The molecule has 2 aromatic rings. The number of benzene rings is 2. The summed E-state index contributed by atoms with van der Waals surface area (Å²) in [6.45, 7) is -0.0961. The molecule has 0 spiro atoms. The molecule has 0 unspecified atom stereocenters. The molecule has 1 aliphatic heterocycles. The zero-order valence-electron chi connectivity index (χ0n) is 14.5. The average molecular weight is 421 g/mol. The lowest BCUT2D eigenvalue weighted by Crippen LogP contribution is -2.21. The van der Waals surface area contributed by atoms with Crippen molar-refractivity contribution < 1.29 is 45.3 Å². The van der Waals surface area contributed by atoms with E-state index in [0.29, 0.717) is 42.5 Å². The second-order valence-electron chi connectivity index (χ2n) is 5.94. The molecule has 0 fully saturated rings. The van der Waals surface area contributed by atoms with Gasteiger partial charge in [0.05, 0.1) is 11.1 Å². The van der Waals surface area contributed by atoms with Crippen LogP contribution >= 0.6 is 0 Å². The van der Waals surface area contributed by atoms with Crippen LogP contribution in [0.3, 0.4) is 0 Å². The number of nitrogens with one attached hydrogen (secondary N) is 1. The van der Waals surface area contributed by atoms with E-state index in [4.69, 9.17) is 14.2 Å². The predicted octanol–water partition coefficient (Wildman–Crippen LogP) is 4.51. The Labute approximate surface area is 160 Å². The van der Waals surface area contributed by atoms with Gasteiger partial charge in [0.25, 0.3) is 5.91 Å². The highest BCUT2D eigenvalue weighted by atomic mass is 19.4. The molecule has 1 aliphatic rings. The van der Waals surface area contributed by atoms with Crippen LogP contribution < -0.4 is 19.5 Å². The number of halogens is 6. The van der Waals surface area contributed by atoms with E-state index < -0.39 is 41.7 Å². The predicted molar refractivity (Wildman–Crippen MR) is 88.0 cm³/mol. The van der Waals surface area contributed by atoms with E-state index in [1.54, 1.807) is 6.07 Å². The molecule has 1 N–H and O–H groups in total. The molecule has 5 nitrogen and oxygen atoms in total. The maximum absolute atomic E-state index is 12.8. The zero-order valence-corrected chi connectivity index (χ0v) is 14.5. The Balaban J connectivity index is 1.69. The molecule has 1 heterocycles. The Hall–Kier alpha value is -3.11. The van der Waals surface area contributed by atoms with Gasteiger partial charge in [0, 0.05) is 11.8 Å². The standard InChI is InChI=1S/C18H13F6NO4/c19-17(20,21)10-5-11(18(22,23)24)7-13(6-10)29-9-16(26)25-12-1-2-14-15(8-12)28-4-3-27-14/h1-2,5-8H,3-4,9H2,(H,25,26). The lowest BCUT2D eigenvalue weighted by atomic mass is 10.1. The summed E-state index contributed by atoms with van der Waals surface area (Å²) in [4.78, 5) is 12.0. The van der Waals surface area contributed by atoms with Gasteiger partial charge in [0.2, 0.25) is 0 Å². The fraction of sp³-hybridized carbons (Fsp3) is 0.278. The van der Waals surface area contributed by atoms with Crippen LogP contribution in [0.4, 0.5) is 32.0 Å². The average Bonchev–Trinajstić information content (AvgIpc) is 2.64. The molecule has 0 atom stereocenters. The van der Waals surface area contributed by atoms with Crippen molar-refractivity contribution in [3.05, 3.63) is 47.5 Å². The van der Waals surface area contributed by atoms with Crippen molar-refractivity contribution in [3.8, 4) is 17.2 Å². The van der Waals surface area contributed by atoms with Crippen LogP contribution in [0.5, 0.6) is 17.2 Å². The largest absolute Gasteiger partial charge is 0.486 e. The highest BCUT2D eigenvalue weighted by molar-refractivity contribution is 5.92. The molecular weight excluding hydrogens is 408 g/mol. The molecule has 0 saturated heterocycles. The van der Waals surface area contributed by atoms with Crippen molar-refractivity contribution in [2.24, 2.45) is 0 Å². The van der Waals surface area contributed by atoms with Crippen molar-refractivity contribution in [1.82, 2.24) is 0 Å². The first-order chi connectivity index (χ1) is 13.5. The third kappa shape index (κ3) is 5.24. The minimum Gasteiger partial charge on any atom is -0.486 e. The van der Waals surface area contributed by atoms with E-state index in [2.05, 4.69) is 5.32 Å². The van der Waals surface area contributed by atoms with Gasteiger partial charge >= 0.3 is 12.4 Å². The molecule has 0 saturated carbocycles. The Morgan fingerprint density at radius 1 is 0.897 bits per heavy atom. The monoisotopic (exact) mass is 421 g/mol. The number of alkyl halides is 6. The van der Waals surface area contributed by atoms with Crippen LogP contribution in [-0.4, -0.2) is 25.7 Å². The number of amides is 1. The smallest absolute Gasteiger partial charge is 0.416 e. The van der Waals surface area contributed by atoms with E-state index in [1.165, 1.54) is 12.1 Å². The summed E-state index contributed by atoms with van der Waals surface area (Å²) in [5, 5.41) is 2.41. The number of carbonyl (C=O) groups excluding carboxylic acids is 1. The maximum Gasteiger partial charge on any atom is 0.416 e. The van der Waals surface area contributed by atoms with Crippen LogP contribution in [-0.2, 0) is 17.1 Å². The Morgan fingerprint density at radius 3 is 2.07 bits per heavy atom. The van der Waals surface area contributed by atoms with Crippen LogP contribution in [0.25, 0.3) is 0 Å². The van der Waals surface area contributed by atoms with Gasteiger partial charge in [-0.25, -0.2) is 0 Å². The first-order valence-electron chi connectivity index (χ1n) is 8.14. The van der Waals surface area contributed by atoms with E-state index in [9.17, 15) is 31.1 Å². The van der Waals surface area contributed by atoms with E-state index in [-0.39, 0.29) is 6.07 Å². The Morgan fingerprint density at radius 2 is 1.48 bits per heavy atom. The van der Waals surface area contributed by atoms with E-state index in [1.807, 2.05) is 0 Å². The minimum absolute atomic E-state index is 0.0257.